The van der Waals surface area contributed by atoms with Gasteiger partial charge in [0.1, 0.15) is 5.82 Å². The number of nitrogens with two attached hydrogens (primary N) is 1. The fraction of sp³-hybridized carbons (Fsp3) is 0.500. The Labute approximate surface area is 94.2 Å². The van der Waals surface area contributed by atoms with Gasteiger partial charge in [-0.25, -0.2) is 4.39 Å². The van der Waals surface area contributed by atoms with E-state index in [-0.39, 0.29) is 11.2 Å². The molecule has 2 rings (SSSR count). The first-order valence-corrected chi connectivity index (χ1v) is 6.47. The summed E-state index contributed by atoms with van der Waals surface area (Å²) in [7, 11) is 0. The van der Waals surface area contributed by atoms with Crippen molar-refractivity contribution in [3.05, 3.63) is 35.6 Å². The van der Waals surface area contributed by atoms with E-state index in [1.165, 1.54) is 6.07 Å². The number of benzene rings is 1. The maximum atomic E-state index is 13.7. The van der Waals surface area contributed by atoms with Gasteiger partial charge >= 0.3 is 0 Å². The van der Waals surface area contributed by atoms with Gasteiger partial charge in [-0.3, -0.25) is 0 Å². The molecule has 0 radical (unpaired) electrons. The van der Waals surface area contributed by atoms with E-state index < -0.39 is 0 Å². The highest BCUT2D eigenvalue weighted by Crippen LogP contribution is 2.38. The van der Waals surface area contributed by atoms with E-state index in [1.807, 2.05) is 23.9 Å². The molecule has 1 saturated heterocycles. The molecular formula is C12H16FNS. The number of halogens is 1. The summed E-state index contributed by atoms with van der Waals surface area (Å²) in [5.41, 5.74) is 6.56. The van der Waals surface area contributed by atoms with Gasteiger partial charge in [-0.05, 0) is 36.0 Å². The SMILES string of the molecule is NCC1(c2ccccc2F)CCSCC1. The lowest BCUT2D eigenvalue weighted by atomic mass is 9.75. The van der Waals surface area contributed by atoms with Gasteiger partial charge in [0.05, 0.1) is 0 Å². The molecule has 0 unspecified atom stereocenters. The van der Waals surface area contributed by atoms with Gasteiger partial charge in [-0.1, -0.05) is 18.2 Å². The first-order valence-electron chi connectivity index (χ1n) is 5.31. The Balaban J connectivity index is 2.36. The zero-order valence-corrected chi connectivity index (χ0v) is 9.52. The summed E-state index contributed by atoms with van der Waals surface area (Å²) in [6, 6.07) is 7.06. The summed E-state index contributed by atoms with van der Waals surface area (Å²) >= 11 is 1.94. The van der Waals surface area contributed by atoms with E-state index in [1.54, 1.807) is 6.07 Å². The molecule has 1 aliphatic rings. The van der Waals surface area contributed by atoms with Crippen LogP contribution >= 0.6 is 11.8 Å². The third-order valence-electron chi connectivity index (χ3n) is 3.29. The van der Waals surface area contributed by atoms with Gasteiger partial charge in [0.25, 0.3) is 0 Å². The van der Waals surface area contributed by atoms with Gasteiger partial charge < -0.3 is 5.73 Å². The van der Waals surface area contributed by atoms with E-state index >= 15 is 0 Å². The minimum absolute atomic E-state index is 0.102. The molecule has 1 aromatic carbocycles. The highest BCUT2D eigenvalue weighted by atomic mass is 32.2. The topological polar surface area (TPSA) is 26.0 Å². The van der Waals surface area contributed by atoms with Crippen molar-refractivity contribution >= 4 is 11.8 Å². The lowest BCUT2D eigenvalue weighted by molar-refractivity contribution is 0.386. The van der Waals surface area contributed by atoms with Gasteiger partial charge in [0, 0.05) is 12.0 Å². The largest absolute Gasteiger partial charge is 0.330 e. The molecule has 3 heteroatoms. The number of thioether (sulfide) groups is 1. The molecule has 1 aromatic rings. The lowest BCUT2D eigenvalue weighted by Gasteiger charge is -2.36. The molecule has 0 atom stereocenters. The molecule has 0 saturated carbocycles. The molecule has 1 heterocycles. The van der Waals surface area contributed by atoms with Crippen molar-refractivity contribution in [2.24, 2.45) is 5.73 Å². The minimum Gasteiger partial charge on any atom is -0.330 e. The average Bonchev–Trinajstić information content (AvgIpc) is 2.30. The highest BCUT2D eigenvalue weighted by Gasteiger charge is 2.34. The smallest absolute Gasteiger partial charge is 0.127 e. The number of hydrogen-bond donors (Lipinski definition) is 1. The fourth-order valence-corrected chi connectivity index (χ4v) is 3.51. The zero-order chi connectivity index (χ0) is 10.7. The molecule has 2 N–H and O–H groups in total. The van der Waals surface area contributed by atoms with Crippen LogP contribution in [0.1, 0.15) is 18.4 Å². The molecule has 1 nitrogen and oxygen atoms in total. The molecule has 15 heavy (non-hydrogen) atoms. The molecule has 82 valence electrons. The predicted molar refractivity (Wildman–Crippen MR) is 63.7 cm³/mol. The molecule has 0 bridgehead atoms. The van der Waals surface area contributed by atoms with Crippen LogP contribution in [-0.2, 0) is 5.41 Å². The Morgan fingerprint density at radius 1 is 1.27 bits per heavy atom. The molecular weight excluding hydrogens is 209 g/mol. The summed E-state index contributed by atoms with van der Waals surface area (Å²) in [4.78, 5) is 0. The Bertz CT molecular complexity index is 334. The van der Waals surface area contributed by atoms with Crippen molar-refractivity contribution in [3.8, 4) is 0 Å². The van der Waals surface area contributed by atoms with Crippen molar-refractivity contribution in [3.63, 3.8) is 0 Å². The third kappa shape index (κ3) is 2.04. The minimum atomic E-state index is -0.114. The lowest BCUT2D eigenvalue weighted by Crippen LogP contribution is -2.39. The summed E-state index contributed by atoms with van der Waals surface area (Å²) in [6.07, 6.45) is 1.99. The Morgan fingerprint density at radius 2 is 1.93 bits per heavy atom. The number of hydrogen-bond acceptors (Lipinski definition) is 2. The van der Waals surface area contributed by atoms with Crippen LogP contribution in [0.2, 0.25) is 0 Å². The van der Waals surface area contributed by atoms with Crippen molar-refractivity contribution in [2.75, 3.05) is 18.1 Å². The Morgan fingerprint density at radius 3 is 2.53 bits per heavy atom. The van der Waals surface area contributed by atoms with Crippen LogP contribution in [0.5, 0.6) is 0 Å². The normalized spacial score (nSPS) is 20.1. The van der Waals surface area contributed by atoms with Crippen LogP contribution in [0.15, 0.2) is 24.3 Å². The predicted octanol–water partition coefficient (Wildman–Crippen LogP) is 2.55. The van der Waals surface area contributed by atoms with Crippen molar-refractivity contribution in [1.29, 1.82) is 0 Å². The van der Waals surface area contributed by atoms with Crippen molar-refractivity contribution in [2.45, 2.75) is 18.3 Å². The Kier molecular flexibility index (Phi) is 3.32. The van der Waals surface area contributed by atoms with Crippen LogP contribution < -0.4 is 5.73 Å². The monoisotopic (exact) mass is 225 g/mol. The van der Waals surface area contributed by atoms with Gasteiger partial charge in [-0.15, -0.1) is 0 Å². The molecule has 1 aliphatic heterocycles. The van der Waals surface area contributed by atoms with E-state index in [0.29, 0.717) is 6.54 Å². The molecule has 1 fully saturated rings. The second kappa shape index (κ2) is 4.54. The fourth-order valence-electron chi connectivity index (χ4n) is 2.24. The summed E-state index contributed by atoms with van der Waals surface area (Å²) in [6.45, 7) is 0.550. The second-order valence-electron chi connectivity index (χ2n) is 4.08. The van der Waals surface area contributed by atoms with Crippen LogP contribution in [-0.4, -0.2) is 18.1 Å². The average molecular weight is 225 g/mol. The van der Waals surface area contributed by atoms with Crippen LogP contribution in [0.3, 0.4) is 0 Å². The van der Waals surface area contributed by atoms with E-state index in [9.17, 15) is 4.39 Å². The summed E-state index contributed by atoms with van der Waals surface area (Å²) < 4.78 is 13.7. The standard InChI is InChI=1S/C12H16FNS/c13-11-4-2-1-3-10(11)12(9-14)5-7-15-8-6-12/h1-4H,5-9,14H2. The maximum absolute atomic E-state index is 13.7. The van der Waals surface area contributed by atoms with Crippen molar-refractivity contribution in [1.82, 2.24) is 0 Å². The van der Waals surface area contributed by atoms with E-state index in [0.717, 1.165) is 29.9 Å². The molecule has 0 aliphatic carbocycles. The maximum Gasteiger partial charge on any atom is 0.127 e. The van der Waals surface area contributed by atoms with E-state index in [2.05, 4.69) is 0 Å². The summed E-state index contributed by atoms with van der Waals surface area (Å²) in [5, 5.41) is 0. The molecule has 0 aromatic heterocycles. The van der Waals surface area contributed by atoms with Crippen LogP contribution in [0.4, 0.5) is 4.39 Å². The quantitative estimate of drug-likeness (QED) is 0.837. The highest BCUT2D eigenvalue weighted by molar-refractivity contribution is 7.99. The molecule has 0 spiro atoms. The van der Waals surface area contributed by atoms with E-state index in [4.69, 9.17) is 5.73 Å². The third-order valence-corrected chi connectivity index (χ3v) is 4.27. The van der Waals surface area contributed by atoms with Crippen molar-refractivity contribution < 1.29 is 4.39 Å². The first-order chi connectivity index (χ1) is 7.28. The number of rotatable bonds is 2. The van der Waals surface area contributed by atoms with Gasteiger partial charge in [-0.2, -0.15) is 11.8 Å². The van der Waals surface area contributed by atoms with Crippen LogP contribution in [0.25, 0.3) is 0 Å². The molecule has 0 amide bonds. The van der Waals surface area contributed by atoms with Crippen LogP contribution in [0, 0.1) is 5.82 Å². The second-order valence-corrected chi connectivity index (χ2v) is 5.30. The Hall–Kier alpha value is -0.540. The zero-order valence-electron chi connectivity index (χ0n) is 8.71. The first kappa shape index (κ1) is 11.0. The van der Waals surface area contributed by atoms with Gasteiger partial charge in [0.2, 0.25) is 0 Å². The van der Waals surface area contributed by atoms with Gasteiger partial charge in [0.15, 0.2) is 0 Å². The summed E-state index contributed by atoms with van der Waals surface area (Å²) in [5.74, 6) is 2.08.